The largest absolute Gasteiger partial charge is 0.497 e. The summed E-state index contributed by atoms with van der Waals surface area (Å²) >= 11 is 0. The number of rotatable bonds is 4. The maximum Gasteiger partial charge on any atom is 0.336 e. The Morgan fingerprint density at radius 3 is 2.33 bits per heavy atom. The van der Waals surface area contributed by atoms with Crippen LogP contribution in [0.1, 0.15) is 64.6 Å². The van der Waals surface area contributed by atoms with Gasteiger partial charge in [0.05, 0.1) is 19.8 Å². The standard InChI is InChI=1S/C23H26O4/c1-26-15-9-7-14(8-10-15)19-13-21-20(18-6-4-3-5-17(18)19)11-16(27-2)12-22(21)23(24)25/h7-12,17-19H,3-6,13H2,1-2H3,(H,24,25)/t17-,18+,19-/m0/s1. The third-order valence-corrected chi connectivity index (χ3v) is 6.43. The van der Waals surface area contributed by atoms with E-state index in [0.29, 0.717) is 29.1 Å². The Kier molecular flexibility index (Phi) is 4.81. The molecular formula is C23H26O4. The average Bonchev–Trinajstić information content (AvgIpc) is 2.72. The van der Waals surface area contributed by atoms with E-state index >= 15 is 0 Å². The van der Waals surface area contributed by atoms with E-state index in [9.17, 15) is 9.90 Å². The predicted molar refractivity (Wildman–Crippen MR) is 104 cm³/mol. The van der Waals surface area contributed by atoms with Gasteiger partial charge in [-0.25, -0.2) is 4.79 Å². The van der Waals surface area contributed by atoms with Crippen molar-refractivity contribution < 1.29 is 19.4 Å². The van der Waals surface area contributed by atoms with Crippen LogP contribution in [-0.4, -0.2) is 25.3 Å². The number of methoxy groups -OCH3 is 2. The summed E-state index contributed by atoms with van der Waals surface area (Å²) in [6, 6.07) is 12.1. The molecule has 3 atom stereocenters. The lowest BCUT2D eigenvalue weighted by atomic mass is 9.61. The first-order valence-electron chi connectivity index (χ1n) is 9.70. The normalized spacial score (nSPS) is 23.9. The molecule has 2 aliphatic carbocycles. The summed E-state index contributed by atoms with van der Waals surface area (Å²) in [7, 11) is 3.28. The van der Waals surface area contributed by atoms with E-state index < -0.39 is 5.97 Å². The second kappa shape index (κ2) is 7.26. The fourth-order valence-electron chi connectivity index (χ4n) is 5.15. The second-order valence-electron chi connectivity index (χ2n) is 7.69. The monoisotopic (exact) mass is 366 g/mol. The molecule has 2 aromatic carbocycles. The molecule has 4 rings (SSSR count). The number of aromatic carboxylic acids is 1. The van der Waals surface area contributed by atoms with Crippen molar-refractivity contribution in [3.05, 3.63) is 58.7 Å². The molecule has 27 heavy (non-hydrogen) atoms. The van der Waals surface area contributed by atoms with E-state index in [-0.39, 0.29) is 0 Å². The first kappa shape index (κ1) is 17.9. The fourth-order valence-corrected chi connectivity index (χ4v) is 5.15. The molecule has 142 valence electrons. The van der Waals surface area contributed by atoms with Crippen LogP contribution in [0.2, 0.25) is 0 Å². The maximum absolute atomic E-state index is 12.0. The van der Waals surface area contributed by atoms with Crippen molar-refractivity contribution in [2.24, 2.45) is 5.92 Å². The van der Waals surface area contributed by atoms with Crippen molar-refractivity contribution in [2.45, 2.75) is 43.9 Å². The summed E-state index contributed by atoms with van der Waals surface area (Å²) in [5.74, 6) is 1.94. The Morgan fingerprint density at radius 2 is 1.67 bits per heavy atom. The van der Waals surface area contributed by atoms with Gasteiger partial charge in [-0.05, 0) is 78.0 Å². The molecule has 0 amide bonds. The Balaban J connectivity index is 1.82. The fraction of sp³-hybridized carbons (Fsp3) is 0.435. The minimum absolute atomic E-state index is 0.347. The molecule has 0 spiro atoms. The van der Waals surface area contributed by atoms with Gasteiger partial charge >= 0.3 is 5.97 Å². The highest BCUT2D eigenvalue weighted by Crippen LogP contribution is 2.52. The zero-order chi connectivity index (χ0) is 19.0. The second-order valence-corrected chi connectivity index (χ2v) is 7.69. The van der Waals surface area contributed by atoms with Crippen LogP contribution >= 0.6 is 0 Å². The van der Waals surface area contributed by atoms with Crippen LogP contribution in [0.15, 0.2) is 36.4 Å². The number of carboxylic acids is 1. The van der Waals surface area contributed by atoms with Crippen molar-refractivity contribution in [2.75, 3.05) is 14.2 Å². The van der Waals surface area contributed by atoms with Gasteiger partial charge in [0.2, 0.25) is 0 Å². The molecule has 1 N–H and O–H groups in total. The van der Waals surface area contributed by atoms with Gasteiger partial charge in [0.1, 0.15) is 11.5 Å². The SMILES string of the molecule is COc1ccc([C@@H]2Cc3c(C(=O)O)cc(OC)cc3[C@@H]3CCCC[C@H]23)cc1. The summed E-state index contributed by atoms with van der Waals surface area (Å²) in [6.07, 6.45) is 5.54. The number of fused-ring (bicyclic) bond motifs is 3. The molecule has 0 radical (unpaired) electrons. The zero-order valence-corrected chi connectivity index (χ0v) is 15.9. The molecule has 2 aliphatic rings. The average molecular weight is 366 g/mol. The molecule has 4 nitrogen and oxygen atoms in total. The highest BCUT2D eigenvalue weighted by atomic mass is 16.5. The van der Waals surface area contributed by atoms with Crippen molar-refractivity contribution in [1.82, 2.24) is 0 Å². The van der Waals surface area contributed by atoms with E-state index in [1.54, 1.807) is 20.3 Å². The number of ether oxygens (including phenoxy) is 2. The van der Waals surface area contributed by atoms with Gasteiger partial charge in [0.15, 0.2) is 0 Å². The quantitative estimate of drug-likeness (QED) is 0.826. The van der Waals surface area contributed by atoms with E-state index in [2.05, 4.69) is 18.2 Å². The van der Waals surface area contributed by atoms with Crippen LogP contribution in [0.5, 0.6) is 11.5 Å². The molecule has 0 aromatic heterocycles. The van der Waals surface area contributed by atoms with Gasteiger partial charge < -0.3 is 14.6 Å². The van der Waals surface area contributed by atoms with Crippen molar-refractivity contribution in [1.29, 1.82) is 0 Å². The topological polar surface area (TPSA) is 55.8 Å². The van der Waals surface area contributed by atoms with Crippen LogP contribution in [-0.2, 0) is 6.42 Å². The zero-order valence-electron chi connectivity index (χ0n) is 15.9. The van der Waals surface area contributed by atoms with Crippen LogP contribution in [0.25, 0.3) is 0 Å². The highest BCUT2D eigenvalue weighted by Gasteiger charge is 2.40. The van der Waals surface area contributed by atoms with Gasteiger partial charge in [-0.3, -0.25) is 0 Å². The summed E-state index contributed by atoms with van der Waals surface area (Å²) in [5, 5.41) is 9.81. The van der Waals surface area contributed by atoms with Gasteiger partial charge in [-0.1, -0.05) is 25.0 Å². The predicted octanol–water partition coefficient (Wildman–Crippen LogP) is 5.02. The Hall–Kier alpha value is -2.49. The van der Waals surface area contributed by atoms with Gasteiger partial charge in [-0.15, -0.1) is 0 Å². The molecule has 0 bridgehead atoms. The van der Waals surface area contributed by atoms with Gasteiger partial charge in [0.25, 0.3) is 0 Å². The molecule has 1 saturated carbocycles. The van der Waals surface area contributed by atoms with E-state index in [1.165, 1.54) is 30.4 Å². The lowest BCUT2D eigenvalue weighted by Gasteiger charge is -2.43. The molecule has 0 heterocycles. The molecule has 2 aromatic rings. The number of carbonyl (C=O) groups is 1. The molecular weight excluding hydrogens is 340 g/mol. The third kappa shape index (κ3) is 3.18. The first-order chi connectivity index (χ1) is 13.1. The van der Waals surface area contributed by atoms with Crippen molar-refractivity contribution >= 4 is 5.97 Å². The van der Waals surface area contributed by atoms with Crippen LogP contribution < -0.4 is 9.47 Å². The highest BCUT2D eigenvalue weighted by molar-refractivity contribution is 5.90. The summed E-state index contributed by atoms with van der Waals surface area (Å²) < 4.78 is 10.7. The Morgan fingerprint density at radius 1 is 0.963 bits per heavy atom. The van der Waals surface area contributed by atoms with Gasteiger partial charge in [-0.2, -0.15) is 0 Å². The number of hydrogen-bond acceptors (Lipinski definition) is 3. The number of carboxylic acid groups (broad SMARTS) is 1. The van der Waals surface area contributed by atoms with Crippen molar-refractivity contribution in [3.63, 3.8) is 0 Å². The molecule has 1 fully saturated rings. The summed E-state index contributed by atoms with van der Waals surface area (Å²) in [4.78, 5) is 12.0. The number of hydrogen-bond donors (Lipinski definition) is 1. The Bertz CT molecular complexity index is 840. The summed E-state index contributed by atoms with van der Waals surface area (Å²) in [5.41, 5.74) is 3.87. The van der Waals surface area contributed by atoms with Gasteiger partial charge in [0, 0.05) is 0 Å². The number of benzene rings is 2. The minimum Gasteiger partial charge on any atom is -0.497 e. The minimum atomic E-state index is -0.868. The molecule has 0 saturated heterocycles. The third-order valence-electron chi connectivity index (χ3n) is 6.43. The lowest BCUT2D eigenvalue weighted by molar-refractivity contribution is 0.0694. The smallest absolute Gasteiger partial charge is 0.336 e. The van der Waals surface area contributed by atoms with E-state index in [4.69, 9.17) is 9.47 Å². The maximum atomic E-state index is 12.0. The molecule has 4 heteroatoms. The molecule has 0 unspecified atom stereocenters. The van der Waals surface area contributed by atoms with E-state index in [0.717, 1.165) is 24.2 Å². The van der Waals surface area contributed by atoms with Crippen LogP contribution in [0, 0.1) is 5.92 Å². The molecule has 0 aliphatic heterocycles. The Labute approximate surface area is 160 Å². The lowest BCUT2D eigenvalue weighted by Crippen LogP contribution is -2.32. The van der Waals surface area contributed by atoms with Crippen LogP contribution in [0.3, 0.4) is 0 Å². The van der Waals surface area contributed by atoms with Crippen LogP contribution in [0.4, 0.5) is 0 Å². The van der Waals surface area contributed by atoms with E-state index in [1.807, 2.05) is 12.1 Å². The summed E-state index contributed by atoms with van der Waals surface area (Å²) in [6.45, 7) is 0. The first-order valence-corrected chi connectivity index (χ1v) is 9.70. The van der Waals surface area contributed by atoms with Crippen molar-refractivity contribution in [3.8, 4) is 11.5 Å².